The maximum absolute atomic E-state index is 13.4. The zero-order valence-corrected chi connectivity index (χ0v) is 19.7. The molecule has 0 spiro atoms. The Morgan fingerprint density at radius 2 is 1.91 bits per heavy atom. The highest BCUT2D eigenvalue weighted by Gasteiger charge is 2.47. The van der Waals surface area contributed by atoms with E-state index in [1.807, 2.05) is 49.4 Å². The summed E-state index contributed by atoms with van der Waals surface area (Å²) < 4.78 is 11.7. The fourth-order valence-corrected chi connectivity index (χ4v) is 5.44. The van der Waals surface area contributed by atoms with Gasteiger partial charge >= 0.3 is 5.97 Å². The highest BCUT2D eigenvalue weighted by atomic mass is 32.1. The van der Waals surface area contributed by atoms with Gasteiger partial charge in [-0.3, -0.25) is 9.69 Å². The van der Waals surface area contributed by atoms with Gasteiger partial charge in [0.25, 0.3) is 5.91 Å². The fraction of sp³-hybridized carbons (Fsp3) is 0.192. The van der Waals surface area contributed by atoms with Gasteiger partial charge in [-0.25, -0.2) is 9.78 Å². The van der Waals surface area contributed by atoms with Crippen LogP contribution in [0.25, 0.3) is 21.0 Å². The monoisotopic (exact) mass is 474 g/mol. The van der Waals surface area contributed by atoms with Crippen molar-refractivity contribution in [3.05, 3.63) is 77.1 Å². The molecular formula is C26H22N2O5S. The van der Waals surface area contributed by atoms with E-state index in [0.717, 1.165) is 26.6 Å². The molecular weight excluding hydrogens is 452 g/mol. The van der Waals surface area contributed by atoms with Gasteiger partial charge in [-0.1, -0.05) is 47.7 Å². The van der Waals surface area contributed by atoms with Gasteiger partial charge in [-0.05, 0) is 48.6 Å². The summed E-state index contributed by atoms with van der Waals surface area (Å²) >= 11 is 1.33. The number of methoxy groups -OCH3 is 1. The van der Waals surface area contributed by atoms with Gasteiger partial charge in [0.2, 0.25) is 0 Å². The van der Waals surface area contributed by atoms with E-state index >= 15 is 0 Å². The van der Waals surface area contributed by atoms with Crippen LogP contribution in [0.4, 0.5) is 5.13 Å². The van der Waals surface area contributed by atoms with Crippen LogP contribution in [0.5, 0.6) is 5.75 Å². The summed E-state index contributed by atoms with van der Waals surface area (Å²) in [5.74, 6) is -1.39. The van der Waals surface area contributed by atoms with Gasteiger partial charge in [-0.15, -0.1) is 0 Å². The van der Waals surface area contributed by atoms with Gasteiger partial charge in [0.1, 0.15) is 17.4 Å². The molecule has 7 nitrogen and oxygen atoms in total. The number of amides is 1. The molecule has 0 aliphatic carbocycles. The maximum Gasteiger partial charge on any atom is 0.340 e. The normalized spacial score (nSPS) is 16.0. The van der Waals surface area contributed by atoms with Crippen LogP contribution >= 0.6 is 11.3 Å². The standard InChI is InChI=1S/C26H22N2O5S/c1-4-33-25(31)21-22(17-10-12-19(32-3)16-8-6-5-7-15(16)17)28(24(30)23(21)29)26-27-18-11-9-14(2)13-20(18)34-26/h5-13,22,29H,4H2,1-3H3. The Labute approximate surface area is 199 Å². The highest BCUT2D eigenvalue weighted by molar-refractivity contribution is 7.22. The number of nitrogens with zero attached hydrogens (tertiary/aromatic N) is 2. The first kappa shape index (κ1) is 21.9. The predicted molar refractivity (Wildman–Crippen MR) is 131 cm³/mol. The van der Waals surface area contributed by atoms with E-state index in [0.29, 0.717) is 16.4 Å². The van der Waals surface area contributed by atoms with Crippen molar-refractivity contribution in [3.63, 3.8) is 0 Å². The lowest BCUT2D eigenvalue weighted by molar-refractivity contribution is -0.139. The minimum absolute atomic E-state index is 0.0994. The first-order valence-electron chi connectivity index (χ1n) is 10.8. The second-order valence-electron chi connectivity index (χ2n) is 7.93. The summed E-state index contributed by atoms with van der Waals surface area (Å²) in [7, 11) is 1.59. The van der Waals surface area contributed by atoms with Crippen molar-refractivity contribution < 1.29 is 24.2 Å². The minimum Gasteiger partial charge on any atom is -0.503 e. The topological polar surface area (TPSA) is 89.0 Å². The lowest BCUT2D eigenvalue weighted by Gasteiger charge is -2.25. The molecule has 0 radical (unpaired) electrons. The van der Waals surface area contributed by atoms with E-state index in [4.69, 9.17) is 9.47 Å². The quantitative estimate of drug-likeness (QED) is 0.399. The second kappa shape index (κ2) is 8.46. The Morgan fingerprint density at radius 3 is 2.65 bits per heavy atom. The fourth-order valence-electron chi connectivity index (χ4n) is 4.35. The van der Waals surface area contributed by atoms with Gasteiger partial charge < -0.3 is 14.6 Å². The number of aryl methyl sites for hydroxylation is 1. The van der Waals surface area contributed by atoms with E-state index in [1.54, 1.807) is 26.2 Å². The molecule has 1 atom stereocenters. The molecule has 1 amide bonds. The Balaban J connectivity index is 1.76. The van der Waals surface area contributed by atoms with Gasteiger partial charge in [0.15, 0.2) is 10.9 Å². The largest absolute Gasteiger partial charge is 0.503 e. The molecule has 0 fully saturated rings. The van der Waals surface area contributed by atoms with Crippen molar-refractivity contribution in [2.24, 2.45) is 0 Å². The number of carbonyl (C=O) groups excluding carboxylic acids is 2. The number of hydrogen-bond acceptors (Lipinski definition) is 7. The molecule has 1 N–H and O–H groups in total. The number of ether oxygens (including phenoxy) is 2. The number of carbonyl (C=O) groups is 2. The molecule has 2 heterocycles. The third kappa shape index (κ3) is 3.38. The zero-order valence-electron chi connectivity index (χ0n) is 18.9. The van der Waals surface area contributed by atoms with Crippen molar-refractivity contribution >= 4 is 49.3 Å². The molecule has 34 heavy (non-hydrogen) atoms. The molecule has 3 aromatic carbocycles. The van der Waals surface area contributed by atoms with Crippen molar-refractivity contribution in [1.82, 2.24) is 4.98 Å². The molecule has 1 unspecified atom stereocenters. The number of rotatable bonds is 5. The molecule has 172 valence electrons. The van der Waals surface area contributed by atoms with Crippen LogP contribution in [0.15, 0.2) is 65.9 Å². The van der Waals surface area contributed by atoms with Crippen molar-refractivity contribution in [2.75, 3.05) is 18.6 Å². The number of benzene rings is 3. The smallest absolute Gasteiger partial charge is 0.340 e. The Hall–Kier alpha value is -3.91. The average molecular weight is 475 g/mol. The first-order valence-corrected chi connectivity index (χ1v) is 11.6. The van der Waals surface area contributed by atoms with Crippen molar-refractivity contribution in [3.8, 4) is 5.75 Å². The summed E-state index contributed by atoms with van der Waals surface area (Å²) in [5.41, 5.74) is 2.37. The van der Waals surface area contributed by atoms with Crippen molar-refractivity contribution in [1.29, 1.82) is 0 Å². The lowest BCUT2D eigenvalue weighted by Crippen LogP contribution is -2.31. The summed E-state index contributed by atoms with van der Waals surface area (Å²) in [6.07, 6.45) is 0. The Morgan fingerprint density at radius 1 is 1.15 bits per heavy atom. The number of aromatic nitrogens is 1. The number of thiazole rings is 1. The lowest BCUT2D eigenvalue weighted by atomic mass is 9.93. The second-order valence-corrected chi connectivity index (χ2v) is 8.94. The third-order valence-electron chi connectivity index (χ3n) is 5.87. The number of aliphatic hydroxyl groups excluding tert-OH is 1. The SMILES string of the molecule is CCOC(=O)C1=C(O)C(=O)N(c2nc3ccc(C)cc3s2)C1c1ccc(OC)c2ccccc12. The average Bonchev–Trinajstić information content (AvgIpc) is 3.36. The zero-order chi connectivity index (χ0) is 24.0. The molecule has 1 aliphatic heterocycles. The molecule has 5 rings (SSSR count). The van der Waals surface area contributed by atoms with Gasteiger partial charge in [-0.2, -0.15) is 0 Å². The van der Waals surface area contributed by atoms with Crippen LogP contribution in [0, 0.1) is 6.92 Å². The van der Waals surface area contributed by atoms with Crippen molar-refractivity contribution in [2.45, 2.75) is 19.9 Å². The Kier molecular flexibility index (Phi) is 5.45. The maximum atomic E-state index is 13.4. The number of aliphatic hydroxyl groups is 1. The van der Waals surface area contributed by atoms with Crippen LogP contribution < -0.4 is 9.64 Å². The van der Waals surface area contributed by atoms with E-state index < -0.39 is 23.7 Å². The number of esters is 1. The van der Waals surface area contributed by atoms with E-state index in [1.165, 1.54) is 16.2 Å². The van der Waals surface area contributed by atoms with Crippen LogP contribution in [0.2, 0.25) is 0 Å². The number of hydrogen-bond donors (Lipinski definition) is 1. The highest BCUT2D eigenvalue weighted by Crippen LogP contribution is 2.46. The predicted octanol–water partition coefficient (Wildman–Crippen LogP) is 5.23. The molecule has 1 aromatic heterocycles. The molecule has 1 aliphatic rings. The van der Waals surface area contributed by atoms with E-state index in [9.17, 15) is 14.7 Å². The van der Waals surface area contributed by atoms with Crippen LogP contribution in [-0.2, 0) is 14.3 Å². The van der Waals surface area contributed by atoms with Gasteiger partial charge in [0.05, 0.1) is 23.9 Å². The summed E-state index contributed by atoms with van der Waals surface area (Å²) in [5, 5.41) is 12.9. The number of anilines is 1. The van der Waals surface area contributed by atoms with Crippen LogP contribution in [0.1, 0.15) is 24.1 Å². The third-order valence-corrected chi connectivity index (χ3v) is 6.89. The Bertz CT molecular complexity index is 1490. The van der Waals surface area contributed by atoms with Gasteiger partial charge in [0, 0.05) is 5.39 Å². The summed E-state index contributed by atoms with van der Waals surface area (Å²) in [6, 6.07) is 16.1. The van der Waals surface area contributed by atoms with Crippen LogP contribution in [0.3, 0.4) is 0 Å². The number of fused-ring (bicyclic) bond motifs is 2. The van der Waals surface area contributed by atoms with Crippen LogP contribution in [-0.4, -0.2) is 35.7 Å². The molecule has 4 aromatic rings. The minimum atomic E-state index is -0.913. The first-order chi connectivity index (χ1) is 16.4. The molecule has 0 saturated heterocycles. The van der Waals surface area contributed by atoms with E-state index in [-0.39, 0.29) is 12.2 Å². The molecule has 0 bridgehead atoms. The summed E-state index contributed by atoms with van der Waals surface area (Å²) in [4.78, 5) is 32.4. The molecule has 8 heteroatoms. The summed E-state index contributed by atoms with van der Waals surface area (Å²) in [6.45, 7) is 3.77. The van der Waals surface area contributed by atoms with E-state index in [2.05, 4.69) is 4.98 Å². The molecule has 0 saturated carbocycles.